The van der Waals surface area contributed by atoms with Crippen LogP contribution >= 0.6 is 22.6 Å². The molecule has 1 atom stereocenters. The molecule has 0 heterocycles. The second-order valence-corrected chi connectivity index (χ2v) is 5.95. The number of phenolic OH excluding ortho intramolecular Hbond substituents is 1. The van der Waals surface area contributed by atoms with E-state index in [0.717, 1.165) is 9.13 Å². The number of halogens is 1. The van der Waals surface area contributed by atoms with E-state index in [1.54, 1.807) is 18.2 Å². The Balaban J connectivity index is 2.02. The van der Waals surface area contributed by atoms with Gasteiger partial charge in [-0.05, 0) is 58.5 Å². The molecule has 0 spiro atoms. The summed E-state index contributed by atoms with van der Waals surface area (Å²) in [6, 6.07) is 12.1. The molecule has 0 fully saturated rings. The van der Waals surface area contributed by atoms with Gasteiger partial charge in [0.2, 0.25) is 0 Å². The van der Waals surface area contributed by atoms with E-state index >= 15 is 0 Å². The Bertz CT molecular complexity index is 658. The van der Waals surface area contributed by atoms with E-state index in [-0.39, 0.29) is 11.7 Å². The zero-order chi connectivity index (χ0) is 16.1. The molecule has 0 bridgehead atoms. The average Bonchev–Trinajstić information content (AvgIpc) is 2.52. The van der Waals surface area contributed by atoms with E-state index in [1.165, 1.54) is 7.11 Å². The van der Waals surface area contributed by atoms with Crippen molar-refractivity contribution in [3.63, 3.8) is 0 Å². The summed E-state index contributed by atoms with van der Waals surface area (Å²) in [5.74, 6) is 1.25. The highest BCUT2D eigenvalue weighted by molar-refractivity contribution is 14.1. The number of aromatic hydroxyl groups is 1. The van der Waals surface area contributed by atoms with Crippen LogP contribution in [0.3, 0.4) is 0 Å². The van der Waals surface area contributed by atoms with Crippen LogP contribution in [0.15, 0.2) is 42.5 Å². The normalized spacial score (nSPS) is 11.8. The largest absolute Gasteiger partial charge is 0.507 e. The number of quaternary nitrogens is 1. The molecule has 22 heavy (non-hydrogen) atoms. The number of methoxy groups -OCH3 is 1. The average molecular weight is 414 g/mol. The summed E-state index contributed by atoms with van der Waals surface area (Å²) in [5.41, 5.74) is 4.77. The third-order valence-electron chi connectivity index (χ3n) is 3.09. The van der Waals surface area contributed by atoms with Gasteiger partial charge in [-0.1, -0.05) is 12.1 Å². The van der Waals surface area contributed by atoms with Gasteiger partial charge in [0.1, 0.15) is 17.2 Å². The molecule has 0 aliphatic heterocycles. The van der Waals surface area contributed by atoms with E-state index in [1.807, 2.05) is 46.9 Å². The molecular formula is C16H17INO4+. The predicted molar refractivity (Wildman–Crippen MR) is 89.7 cm³/mol. The van der Waals surface area contributed by atoms with Crippen molar-refractivity contribution in [2.24, 2.45) is 0 Å². The summed E-state index contributed by atoms with van der Waals surface area (Å²) in [4.78, 5) is 11.4. The van der Waals surface area contributed by atoms with Gasteiger partial charge in [-0.2, -0.15) is 0 Å². The molecule has 2 rings (SSSR count). The van der Waals surface area contributed by atoms with Crippen LogP contribution < -0.4 is 10.5 Å². The van der Waals surface area contributed by atoms with Gasteiger partial charge >= 0.3 is 5.97 Å². The van der Waals surface area contributed by atoms with Gasteiger partial charge in [-0.15, -0.1) is 0 Å². The van der Waals surface area contributed by atoms with E-state index < -0.39 is 6.04 Å². The van der Waals surface area contributed by atoms with Crippen LogP contribution in [0, 0.1) is 3.57 Å². The lowest BCUT2D eigenvalue weighted by atomic mass is 10.1. The Morgan fingerprint density at radius 3 is 2.45 bits per heavy atom. The van der Waals surface area contributed by atoms with Gasteiger partial charge < -0.3 is 20.3 Å². The maximum absolute atomic E-state index is 11.4. The SMILES string of the molecule is COC(=O)C([NH3+])Cc1ccc(Oc2ccc(O)c(I)c2)cc1. The molecule has 2 aromatic rings. The number of hydrogen-bond donors (Lipinski definition) is 2. The summed E-state index contributed by atoms with van der Waals surface area (Å²) in [7, 11) is 1.36. The molecule has 0 aromatic heterocycles. The molecule has 4 N–H and O–H groups in total. The molecule has 1 unspecified atom stereocenters. The van der Waals surface area contributed by atoms with Crippen LogP contribution in [0.25, 0.3) is 0 Å². The summed E-state index contributed by atoms with van der Waals surface area (Å²) in [5, 5.41) is 9.49. The van der Waals surface area contributed by atoms with Gasteiger partial charge in [0.25, 0.3) is 0 Å². The molecule has 5 nitrogen and oxygen atoms in total. The molecule has 0 aliphatic rings. The second kappa shape index (κ2) is 7.46. The fraction of sp³-hybridized carbons (Fsp3) is 0.188. The Kier molecular flexibility index (Phi) is 5.62. The number of hydrogen-bond acceptors (Lipinski definition) is 4. The first kappa shape index (κ1) is 16.6. The van der Waals surface area contributed by atoms with Gasteiger partial charge in [-0.25, -0.2) is 4.79 Å². The molecule has 0 amide bonds. The molecule has 0 aliphatic carbocycles. The standard InChI is InChI=1S/C16H16INO4/c1-21-16(20)14(18)8-10-2-4-11(5-3-10)22-12-6-7-15(19)13(17)9-12/h2-7,9,14,19H,8,18H2,1H3/p+1. The molecule has 6 heteroatoms. The molecule has 2 aromatic carbocycles. The zero-order valence-electron chi connectivity index (χ0n) is 12.1. The smallest absolute Gasteiger partial charge is 0.364 e. The maximum atomic E-state index is 11.4. The molecule has 116 valence electrons. The fourth-order valence-electron chi connectivity index (χ4n) is 1.92. The molecular weight excluding hydrogens is 397 g/mol. The fourth-order valence-corrected chi connectivity index (χ4v) is 2.40. The van der Waals surface area contributed by atoms with E-state index in [2.05, 4.69) is 10.5 Å². The van der Waals surface area contributed by atoms with Crippen LogP contribution in [-0.2, 0) is 16.0 Å². The van der Waals surface area contributed by atoms with Crippen molar-refractivity contribution in [1.82, 2.24) is 0 Å². The zero-order valence-corrected chi connectivity index (χ0v) is 14.2. The van der Waals surface area contributed by atoms with Gasteiger partial charge in [0.05, 0.1) is 10.7 Å². The van der Waals surface area contributed by atoms with E-state index in [4.69, 9.17) is 4.74 Å². The first-order valence-corrected chi connectivity index (χ1v) is 7.73. The van der Waals surface area contributed by atoms with Gasteiger partial charge in [-0.3, -0.25) is 0 Å². The highest BCUT2D eigenvalue weighted by Crippen LogP contribution is 2.28. The van der Waals surface area contributed by atoms with Crippen LogP contribution in [-0.4, -0.2) is 24.2 Å². The van der Waals surface area contributed by atoms with Crippen LogP contribution in [0.2, 0.25) is 0 Å². The molecule has 0 radical (unpaired) electrons. The monoisotopic (exact) mass is 414 g/mol. The molecule has 0 saturated carbocycles. The highest BCUT2D eigenvalue weighted by atomic mass is 127. The second-order valence-electron chi connectivity index (χ2n) is 4.78. The third kappa shape index (κ3) is 4.35. The van der Waals surface area contributed by atoms with Gasteiger partial charge in [0, 0.05) is 6.42 Å². The van der Waals surface area contributed by atoms with Gasteiger partial charge in [0.15, 0.2) is 6.04 Å². The summed E-state index contributed by atoms with van der Waals surface area (Å²) in [6.07, 6.45) is 0.518. The van der Waals surface area contributed by atoms with E-state index in [0.29, 0.717) is 17.9 Å². The van der Waals surface area contributed by atoms with Crippen LogP contribution in [0.5, 0.6) is 17.2 Å². The van der Waals surface area contributed by atoms with Crippen LogP contribution in [0.1, 0.15) is 5.56 Å². The summed E-state index contributed by atoms with van der Waals surface area (Å²) < 4.78 is 11.1. The molecule has 0 saturated heterocycles. The van der Waals surface area contributed by atoms with Crippen LogP contribution in [0.4, 0.5) is 0 Å². The number of phenols is 1. The minimum Gasteiger partial charge on any atom is -0.507 e. The quantitative estimate of drug-likeness (QED) is 0.580. The minimum atomic E-state index is -0.421. The number of esters is 1. The summed E-state index contributed by atoms with van der Waals surface area (Å²) >= 11 is 2.04. The lowest BCUT2D eigenvalue weighted by Gasteiger charge is -2.09. The van der Waals surface area contributed by atoms with Crippen molar-refractivity contribution in [3.05, 3.63) is 51.6 Å². The lowest BCUT2D eigenvalue weighted by molar-refractivity contribution is -0.407. The first-order chi connectivity index (χ1) is 10.5. The van der Waals surface area contributed by atoms with Crippen molar-refractivity contribution in [2.75, 3.05) is 7.11 Å². The van der Waals surface area contributed by atoms with Crippen molar-refractivity contribution >= 4 is 28.6 Å². The number of carbonyl (C=O) groups excluding carboxylic acids is 1. The van der Waals surface area contributed by atoms with Crippen molar-refractivity contribution in [3.8, 4) is 17.2 Å². The Morgan fingerprint density at radius 1 is 1.23 bits per heavy atom. The van der Waals surface area contributed by atoms with Crippen molar-refractivity contribution in [2.45, 2.75) is 12.5 Å². The minimum absolute atomic E-state index is 0.229. The maximum Gasteiger partial charge on any atom is 0.364 e. The first-order valence-electron chi connectivity index (χ1n) is 6.66. The van der Waals surface area contributed by atoms with Crippen molar-refractivity contribution < 1.29 is 25.1 Å². The predicted octanol–water partition coefficient (Wildman–Crippen LogP) is 2.12. The third-order valence-corrected chi connectivity index (χ3v) is 3.96. The Hall–Kier alpha value is -1.80. The Labute approximate surface area is 142 Å². The number of rotatable bonds is 5. The highest BCUT2D eigenvalue weighted by Gasteiger charge is 2.17. The van der Waals surface area contributed by atoms with Crippen molar-refractivity contribution in [1.29, 1.82) is 0 Å². The topological polar surface area (TPSA) is 83.4 Å². The number of benzene rings is 2. The Morgan fingerprint density at radius 2 is 1.86 bits per heavy atom. The number of ether oxygens (including phenoxy) is 2. The summed E-state index contributed by atoms with van der Waals surface area (Å²) in [6.45, 7) is 0. The lowest BCUT2D eigenvalue weighted by Crippen LogP contribution is -2.66. The number of carbonyl (C=O) groups is 1. The van der Waals surface area contributed by atoms with E-state index in [9.17, 15) is 9.90 Å².